The first-order valence-electron chi connectivity index (χ1n) is 6.85. The summed E-state index contributed by atoms with van der Waals surface area (Å²) in [5.41, 5.74) is 0. The molecule has 0 aliphatic heterocycles. The summed E-state index contributed by atoms with van der Waals surface area (Å²) in [6, 6.07) is 3.55. The van der Waals surface area contributed by atoms with Crippen LogP contribution in [0.2, 0.25) is 0 Å². The molecule has 2 aromatic rings. The third-order valence-electron chi connectivity index (χ3n) is 2.98. The van der Waals surface area contributed by atoms with E-state index in [1.54, 1.807) is 13.2 Å². The fourth-order valence-corrected chi connectivity index (χ4v) is 5.37. The van der Waals surface area contributed by atoms with Crippen molar-refractivity contribution >= 4 is 42.1 Å². The van der Waals surface area contributed by atoms with Crippen molar-refractivity contribution in [1.29, 1.82) is 0 Å². The molecule has 0 aliphatic carbocycles. The van der Waals surface area contributed by atoms with E-state index in [4.69, 9.17) is 14.6 Å². The normalized spacial score (nSPS) is 13.8. The van der Waals surface area contributed by atoms with Gasteiger partial charge < -0.3 is 9.47 Å². The van der Waals surface area contributed by atoms with E-state index in [2.05, 4.69) is 5.32 Å². The van der Waals surface area contributed by atoms with Crippen LogP contribution in [0.15, 0.2) is 16.3 Å². The molecule has 0 radical (unpaired) electrons. The Labute approximate surface area is 138 Å². The molecule has 0 saturated carbocycles. The topological polar surface area (TPSA) is 90.7 Å². The predicted molar refractivity (Wildman–Crippen MR) is 89.9 cm³/mol. The summed E-state index contributed by atoms with van der Waals surface area (Å²) in [5.74, 6) is 0. The number of thiophene rings is 2. The largest absolute Gasteiger partial charge is 0.382 e. The number of primary sulfonamides is 1. The molecule has 6 nitrogen and oxygen atoms in total. The van der Waals surface area contributed by atoms with Crippen molar-refractivity contribution in [2.75, 3.05) is 26.9 Å². The summed E-state index contributed by atoms with van der Waals surface area (Å²) in [6.07, 6.45) is 0.701. The van der Waals surface area contributed by atoms with Crippen LogP contribution in [0.3, 0.4) is 0 Å². The minimum absolute atomic E-state index is 0.193. The second-order valence-corrected chi connectivity index (χ2v) is 8.81. The standard InChI is InChI=1S/C13H20N2O4S3/c1-3-19-6-4-5-15-12(18-2)10-7-9-8-11(22(14,16)17)21-13(9)20-10/h7-8,12,15H,3-6H2,1-2H3,(H2,14,16,17). The van der Waals surface area contributed by atoms with E-state index in [0.29, 0.717) is 0 Å². The summed E-state index contributed by atoms with van der Waals surface area (Å²) in [6.45, 7) is 4.20. The zero-order valence-electron chi connectivity index (χ0n) is 12.5. The van der Waals surface area contributed by atoms with Crippen LogP contribution >= 0.6 is 22.7 Å². The monoisotopic (exact) mass is 364 g/mol. The van der Waals surface area contributed by atoms with E-state index < -0.39 is 10.0 Å². The Hall–Kier alpha value is -0.550. The van der Waals surface area contributed by atoms with Crippen LogP contribution in [0.25, 0.3) is 9.40 Å². The molecule has 2 rings (SSSR count). The number of nitrogens with one attached hydrogen (secondary N) is 1. The van der Waals surface area contributed by atoms with E-state index in [9.17, 15) is 8.42 Å². The highest BCUT2D eigenvalue weighted by atomic mass is 32.2. The molecule has 22 heavy (non-hydrogen) atoms. The molecule has 0 amide bonds. The van der Waals surface area contributed by atoms with Crippen molar-refractivity contribution in [2.45, 2.75) is 23.8 Å². The number of ether oxygens (including phenoxy) is 2. The lowest BCUT2D eigenvalue weighted by Crippen LogP contribution is -2.24. The zero-order chi connectivity index (χ0) is 16.2. The third kappa shape index (κ3) is 4.48. The summed E-state index contributed by atoms with van der Waals surface area (Å²) in [5, 5.41) is 9.34. The van der Waals surface area contributed by atoms with Gasteiger partial charge in [-0.2, -0.15) is 0 Å². The second-order valence-electron chi connectivity index (χ2n) is 4.62. The average molecular weight is 365 g/mol. The number of fused-ring (bicyclic) bond motifs is 1. The van der Waals surface area contributed by atoms with E-state index in [1.807, 2.05) is 13.0 Å². The molecule has 124 valence electrons. The van der Waals surface area contributed by atoms with Gasteiger partial charge in [-0.25, -0.2) is 13.6 Å². The van der Waals surface area contributed by atoms with Crippen molar-refractivity contribution in [3.63, 3.8) is 0 Å². The van der Waals surface area contributed by atoms with Gasteiger partial charge in [-0.15, -0.1) is 22.7 Å². The molecule has 1 unspecified atom stereocenters. The minimum Gasteiger partial charge on any atom is -0.382 e. The van der Waals surface area contributed by atoms with Crippen LogP contribution in [-0.4, -0.2) is 35.3 Å². The van der Waals surface area contributed by atoms with Crippen LogP contribution in [0.1, 0.15) is 24.4 Å². The first kappa shape index (κ1) is 17.8. The van der Waals surface area contributed by atoms with Crippen molar-refractivity contribution in [1.82, 2.24) is 5.32 Å². The molecular formula is C13H20N2O4S3. The van der Waals surface area contributed by atoms with Crippen LogP contribution in [0.5, 0.6) is 0 Å². The van der Waals surface area contributed by atoms with Gasteiger partial charge in [-0.3, -0.25) is 5.32 Å². The Morgan fingerprint density at radius 1 is 1.36 bits per heavy atom. The van der Waals surface area contributed by atoms with Crippen LogP contribution in [0, 0.1) is 0 Å². The Morgan fingerprint density at radius 2 is 2.14 bits per heavy atom. The van der Waals surface area contributed by atoms with Gasteiger partial charge in [0.1, 0.15) is 10.4 Å². The van der Waals surface area contributed by atoms with E-state index in [1.165, 1.54) is 22.7 Å². The van der Waals surface area contributed by atoms with Gasteiger partial charge in [0.2, 0.25) is 10.0 Å². The lowest BCUT2D eigenvalue weighted by atomic mass is 10.3. The molecule has 1 atom stereocenters. The van der Waals surface area contributed by atoms with Crippen molar-refractivity contribution in [3.05, 3.63) is 17.0 Å². The van der Waals surface area contributed by atoms with Gasteiger partial charge >= 0.3 is 0 Å². The quantitative estimate of drug-likeness (QED) is 0.526. The highest BCUT2D eigenvalue weighted by Crippen LogP contribution is 2.37. The Morgan fingerprint density at radius 3 is 2.73 bits per heavy atom. The van der Waals surface area contributed by atoms with E-state index >= 15 is 0 Å². The maximum atomic E-state index is 11.3. The molecule has 9 heteroatoms. The number of methoxy groups -OCH3 is 1. The molecular weight excluding hydrogens is 344 g/mol. The molecule has 3 N–H and O–H groups in total. The molecule has 2 heterocycles. The molecule has 0 fully saturated rings. The molecule has 0 aliphatic rings. The highest BCUT2D eigenvalue weighted by Gasteiger charge is 2.18. The maximum Gasteiger partial charge on any atom is 0.247 e. The SMILES string of the molecule is CCOCCCNC(OC)c1cc2cc(S(N)(=O)=O)sc2s1. The lowest BCUT2D eigenvalue weighted by molar-refractivity contribution is 0.0722. The number of hydrogen-bond donors (Lipinski definition) is 2. The Bertz CT molecular complexity index is 677. The van der Waals surface area contributed by atoms with Gasteiger partial charge in [0.25, 0.3) is 0 Å². The first-order chi connectivity index (χ1) is 10.5. The number of sulfonamides is 1. The molecule has 0 saturated heterocycles. The van der Waals surface area contributed by atoms with Crippen LogP contribution < -0.4 is 10.5 Å². The molecule has 2 aromatic heterocycles. The molecule has 0 spiro atoms. The number of nitrogens with two attached hydrogens (primary N) is 1. The van der Waals surface area contributed by atoms with Gasteiger partial charge in [-0.1, -0.05) is 0 Å². The molecule has 0 bridgehead atoms. The smallest absolute Gasteiger partial charge is 0.247 e. The summed E-state index contributed by atoms with van der Waals surface area (Å²) >= 11 is 2.71. The average Bonchev–Trinajstić information content (AvgIpc) is 3.00. The zero-order valence-corrected chi connectivity index (χ0v) is 14.9. The predicted octanol–water partition coefficient (Wildman–Crippen LogP) is 2.27. The molecule has 0 aromatic carbocycles. The van der Waals surface area contributed by atoms with Gasteiger partial charge in [0.15, 0.2) is 0 Å². The fraction of sp³-hybridized carbons (Fsp3) is 0.538. The Balaban J connectivity index is 2.03. The third-order valence-corrected chi connectivity index (χ3v) is 6.84. The van der Waals surface area contributed by atoms with Crippen molar-refractivity contribution in [3.8, 4) is 0 Å². The van der Waals surface area contributed by atoms with Crippen LogP contribution in [0.4, 0.5) is 0 Å². The van der Waals surface area contributed by atoms with E-state index in [-0.39, 0.29) is 10.4 Å². The van der Waals surface area contributed by atoms with Crippen molar-refractivity contribution < 1.29 is 17.9 Å². The summed E-state index contributed by atoms with van der Waals surface area (Å²) in [4.78, 5) is 1.01. The number of hydrogen-bond acceptors (Lipinski definition) is 7. The van der Waals surface area contributed by atoms with Crippen molar-refractivity contribution in [2.24, 2.45) is 5.14 Å². The van der Waals surface area contributed by atoms with E-state index in [0.717, 1.165) is 40.5 Å². The van der Waals surface area contributed by atoms with Gasteiger partial charge in [0, 0.05) is 32.3 Å². The second kappa shape index (κ2) is 7.82. The first-order valence-corrected chi connectivity index (χ1v) is 10.0. The number of rotatable bonds is 9. The van der Waals surface area contributed by atoms with Crippen LogP contribution in [-0.2, 0) is 19.5 Å². The summed E-state index contributed by atoms with van der Waals surface area (Å²) in [7, 11) is -1.99. The minimum atomic E-state index is -3.63. The highest BCUT2D eigenvalue weighted by molar-refractivity contribution is 7.91. The Kier molecular flexibility index (Phi) is 6.33. The lowest BCUT2D eigenvalue weighted by Gasteiger charge is -2.15. The van der Waals surface area contributed by atoms with Gasteiger partial charge in [-0.05, 0) is 25.5 Å². The summed E-state index contributed by atoms with van der Waals surface area (Å²) < 4.78 is 34.6. The fourth-order valence-electron chi connectivity index (χ4n) is 1.96. The maximum absolute atomic E-state index is 11.3. The van der Waals surface area contributed by atoms with Gasteiger partial charge in [0.05, 0.1) is 8.89 Å².